The Balaban J connectivity index is 1.41. The first-order chi connectivity index (χ1) is 24.9. The predicted molar refractivity (Wildman–Crippen MR) is 172 cm³/mol. The van der Waals surface area contributed by atoms with E-state index in [0.29, 0.717) is 5.56 Å². The van der Waals surface area contributed by atoms with Gasteiger partial charge in [0, 0.05) is 12.1 Å². The fourth-order valence-corrected chi connectivity index (χ4v) is 6.19. The van der Waals surface area contributed by atoms with Crippen molar-refractivity contribution < 1.29 is 93.5 Å². The normalized spacial score (nSPS) is 32.5. The molecule has 3 aliphatic rings. The van der Waals surface area contributed by atoms with Crippen LogP contribution in [0.3, 0.4) is 0 Å². The van der Waals surface area contributed by atoms with Gasteiger partial charge in [0.1, 0.15) is 72.1 Å². The summed E-state index contributed by atoms with van der Waals surface area (Å²) >= 11 is 0. The van der Waals surface area contributed by atoms with E-state index in [2.05, 4.69) is 0 Å². The quantitative estimate of drug-likeness (QED) is 0.118. The maximum atomic E-state index is 13.2. The number of aliphatic hydroxyl groups excluding tert-OH is 5. The lowest BCUT2D eigenvalue weighted by Crippen LogP contribution is -2.64. The largest absolute Gasteiger partial charge is 0.507 e. The third kappa shape index (κ3) is 8.91. The molecule has 2 aromatic carbocycles. The lowest BCUT2D eigenvalue weighted by molar-refractivity contribution is -0.354. The van der Waals surface area contributed by atoms with E-state index in [9.17, 15) is 55.2 Å². The number of hydrogen-bond donors (Lipinski definition) is 9. The summed E-state index contributed by atoms with van der Waals surface area (Å²) in [6.45, 7) is 1.74. The van der Waals surface area contributed by atoms with E-state index in [1.807, 2.05) is 0 Å². The van der Waals surface area contributed by atoms with Gasteiger partial charge in [-0.2, -0.15) is 0 Å². The van der Waals surface area contributed by atoms with Crippen LogP contribution in [-0.2, 0) is 28.5 Å². The molecule has 3 heterocycles. The highest BCUT2D eigenvalue weighted by atomic mass is 16.8. The number of ketones is 1. The Bertz CT molecular complexity index is 1660. The van der Waals surface area contributed by atoms with Crippen LogP contribution in [-0.4, -0.2) is 144 Å². The Labute approximate surface area is 301 Å². The lowest BCUT2D eigenvalue weighted by atomic mass is 9.95. The minimum Gasteiger partial charge on any atom is -0.507 e. The summed E-state index contributed by atoms with van der Waals surface area (Å²) in [6, 6.07) is 6.61. The number of methoxy groups -OCH3 is 1. The first-order valence-electron chi connectivity index (χ1n) is 16.5. The van der Waals surface area contributed by atoms with Gasteiger partial charge >= 0.3 is 11.9 Å². The summed E-state index contributed by atoms with van der Waals surface area (Å²) in [5.74, 6) is -3.87. The molecular weight excluding hydrogens is 712 g/mol. The van der Waals surface area contributed by atoms with Crippen molar-refractivity contribution in [1.82, 2.24) is 0 Å². The highest BCUT2D eigenvalue weighted by Gasteiger charge is 2.51. The number of carbonyl (C=O) groups excluding carboxylic acids is 2. The topological polar surface area (TPSA) is 298 Å². The Kier molecular flexibility index (Phi) is 12.0. The van der Waals surface area contributed by atoms with Crippen molar-refractivity contribution in [2.45, 2.75) is 106 Å². The number of fused-ring (bicyclic) bond motifs is 1. The third-order valence-electron chi connectivity index (χ3n) is 9.01. The summed E-state index contributed by atoms with van der Waals surface area (Å²) < 4.78 is 39.4. The SMILES string of the molecule is COc1cc(C2CC(=O)c3c(O)cc(O[C@@H]4O[C@H](COC(=O)CC(C)(O)CC(=O)O)[C@@H](O)[C@H](O)[C@H]4O[C@@H]4O[C@@H](C)[C@H](O)[C@@H](O)[C@H]4O)cc3O2)ccc1O. The number of phenols is 2. The number of ether oxygens (including phenoxy) is 7. The molecule has 0 radical (unpaired) electrons. The average Bonchev–Trinajstić information content (AvgIpc) is 3.07. The molecule has 0 aliphatic carbocycles. The van der Waals surface area contributed by atoms with Gasteiger partial charge in [0.25, 0.3) is 0 Å². The van der Waals surface area contributed by atoms with Crippen molar-refractivity contribution in [3.05, 3.63) is 41.5 Å². The van der Waals surface area contributed by atoms with Crippen LogP contribution in [0.15, 0.2) is 30.3 Å². The van der Waals surface area contributed by atoms with Gasteiger partial charge in [-0.3, -0.25) is 14.4 Å². The molecule has 9 N–H and O–H groups in total. The number of carboxylic acid groups (broad SMARTS) is 1. The maximum Gasteiger partial charge on any atom is 0.308 e. The van der Waals surface area contributed by atoms with E-state index in [4.69, 9.17) is 38.3 Å². The van der Waals surface area contributed by atoms with Crippen molar-refractivity contribution >= 4 is 17.7 Å². The van der Waals surface area contributed by atoms with Crippen LogP contribution < -0.4 is 14.2 Å². The molecule has 12 atom stereocenters. The second-order valence-electron chi connectivity index (χ2n) is 13.3. The van der Waals surface area contributed by atoms with Crippen LogP contribution >= 0.6 is 0 Å². The van der Waals surface area contributed by atoms with E-state index >= 15 is 0 Å². The van der Waals surface area contributed by atoms with Crippen LogP contribution in [0.2, 0.25) is 0 Å². The van der Waals surface area contributed by atoms with Gasteiger partial charge in [-0.05, 0) is 31.5 Å². The lowest BCUT2D eigenvalue weighted by Gasteiger charge is -2.45. The summed E-state index contributed by atoms with van der Waals surface area (Å²) in [5.41, 5.74) is -1.68. The van der Waals surface area contributed by atoms with E-state index in [-0.39, 0.29) is 35.0 Å². The number of aliphatic carboxylic acids is 1. The zero-order valence-electron chi connectivity index (χ0n) is 28.7. The number of aromatic hydroxyl groups is 2. The summed E-state index contributed by atoms with van der Waals surface area (Å²) in [7, 11) is 1.34. The Morgan fingerprint density at radius 3 is 2.30 bits per heavy atom. The van der Waals surface area contributed by atoms with Crippen LogP contribution in [0.4, 0.5) is 0 Å². The Morgan fingerprint density at radius 2 is 1.62 bits per heavy atom. The van der Waals surface area contributed by atoms with Crippen LogP contribution in [0.25, 0.3) is 0 Å². The van der Waals surface area contributed by atoms with E-state index in [1.54, 1.807) is 0 Å². The highest BCUT2D eigenvalue weighted by Crippen LogP contribution is 2.44. The van der Waals surface area contributed by atoms with Crippen molar-refractivity contribution in [1.29, 1.82) is 0 Å². The summed E-state index contributed by atoms with van der Waals surface area (Å²) in [4.78, 5) is 36.6. The highest BCUT2D eigenvalue weighted by molar-refractivity contribution is 6.02. The first kappa shape index (κ1) is 39.9. The molecule has 3 aliphatic heterocycles. The number of phenolic OH excluding ortho intramolecular Hbond substituents is 2. The Hall–Kier alpha value is -4.31. The molecule has 5 rings (SSSR count). The minimum atomic E-state index is -1.97. The molecule has 0 bridgehead atoms. The Morgan fingerprint density at radius 1 is 0.906 bits per heavy atom. The molecule has 2 fully saturated rings. The number of rotatable bonds is 12. The summed E-state index contributed by atoms with van der Waals surface area (Å²) in [5, 5.41) is 93.3. The molecule has 53 heavy (non-hydrogen) atoms. The molecule has 2 unspecified atom stereocenters. The van der Waals surface area contributed by atoms with Gasteiger partial charge in [-0.1, -0.05) is 6.07 Å². The van der Waals surface area contributed by atoms with Crippen LogP contribution in [0.5, 0.6) is 28.7 Å². The van der Waals surface area contributed by atoms with E-state index < -0.39 is 116 Å². The number of esters is 1. The number of carbonyl (C=O) groups is 3. The smallest absolute Gasteiger partial charge is 0.308 e. The van der Waals surface area contributed by atoms with Crippen LogP contribution in [0, 0.1) is 0 Å². The number of aliphatic hydroxyl groups is 6. The molecule has 0 spiro atoms. The second-order valence-corrected chi connectivity index (χ2v) is 13.3. The van der Waals surface area contributed by atoms with Gasteiger partial charge in [0.15, 0.2) is 29.7 Å². The number of carboxylic acids is 1. The van der Waals surface area contributed by atoms with Crippen molar-refractivity contribution in [3.63, 3.8) is 0 Å². The van der Waals surface area contributed by atoms with Gasteiger partial charge in [-0.15, -0.1) is 0 Å². The van der Waals surface area contributed by atoms with Gasteiger partial charge in [0.05, 0.1) is 38.1 Å². The monoisotopic (exact) mass is 754 g/mol. The van der Waals surface area contributed by atoms with Crippen molar-refractivity contribution in [2.24, 2.45) is 0 Å². The molecule has 0 saturated carbocycles. The average molecular weight is 755 g/mol. The molecule has 19 heteroatoms. The standard InChI is InChI=1S/C34H42O19/c1-13-26(41)28(43)30(45)32(49-13)53-31-29(44)27(42)22(12-48-24(40)11-34(2,46)10-23(38)39)52-33(31)50-15-7-17(36)25-18(37)9-19(51-21(25)8-15)14-4-5-16(35)20(6-14)47-3/h4-8,13,19,22,26-33,35-36,41-46H,9-12H2,1-3H3,(H,38,39)/t13-,19?,22+,26-,27+,28+,29-,30+,31+,32-,33+,34?/m0/s1. The minimum absolute atomic E-state index is 0.125. The number of Topliss-reactive ketones (excluding diaryl/α,β-unsaturated/α-hetero) is 1. The fourth-order valence-electron chi connectivity index (χ4n) is 6.19. The van der Waals surface area contributed by atoms with E-state index in [1.165, 1.54) is 38.3 Å². The molecular formula is C34H42O19. The van der Waals surface area contributed by atoms with Gasteiger partial charge < -0.3 is 79.1 Å². The first-order valence-corrected chi connectivity index (χ1v) is 16.5. The zero-order chi connectivity index (χ0) is 38.9. The molecule has 292 valence electrons. The zero-order valence-corrected chi connectivity index (χ0v) is 28.7. The van der Waals surface area contributed by atoms with E-state index in [0.717, 1.165) is 13.0 Å². The number of benzene rings is 2. The van der Waals surface area contributed by atoms with Crippen molar-refractivity contribution in [3.8, 4) is 28.7 Å². The van der Waals surface area contributed by atoms with Crippen LogP contribution in [0.1, 0.15) is 55.1 Å². The number of hydrogen-bond acceptors (Lipinski definition) is 18. The molecule has 19 nitrogen and oxygen atoms in total. The molecule has 2 aromatic rings. The second kappa shape index (κ2) is 16.0. The maximum absolute atomic E-state index is 13.2. The van der Waals surface area contributed by atoms with Gasteiger partial charge in [0.2, 0.25) is 6.29 Å². The molecule has 2 saturated heterocycles. The third-order valence-corrected chi connectivity index (χ3v) is 9.01. The van der Waals surface area contributed by atoms with Crippen molar-refractivity contribution in [2.75, 3.05) is 13.7 Å². The summed E-state index contributed by atoms with van der Waals surface area (Å²) in [6.07, 6.45) is -19.4. The van der Waals surface area contributed by atoms with Gasteiger partial charge in [-0.25, -0.2) is 0 Å². The molecule has 0 aromatic heterocycles. The fraction of sp³-hybridized carbons (Fsp3) is 0.559. The predicted octanol–water partition coefficient (Wildman–Crippen LogP) is -0.990. The molecule has 0 amide bonds.